The Labute approximate surface area is 207 Å². The van der Waals surface area contributed by atoms with E-state index in [1.165, 1.54) is 4.90 Å². The van der Waals surface area contributed by atoms with Crippen LogP contribution in [0.3, 0.4) is 0 Å². The second-order valence-electron chi connectivity index (χ2n) is 7.35. The molecule has 2 aromatic rings. The largest absolute Gasteiger partial charge is 0.356 e. The van der Waals surface area contributed by atoms with Gasteiger partial charge in [-0.15, -0.1) is 35.7 Å². The lowest BCUT2D eigenvalue weighted by molar-refractivity contribution is 0.254. The predicted molar refractivity (Wildman–Crippen MR) is 142 cm³/mol. The Morgan fingerprint density at radius 1 is 1.06 bits per heavy atom. The molecule has 0 spiro atoms. The molecule has 1 saturated heterocycles. The fourth-order valence-corrected chi connectivity index (χ4v) is 4.32. The van der Waals surface area contributed by atoms with E-state index in [0.29, 0.717) is 5.25 Å². The molecular formula is C22H34IN7S. The molecule has 0 bridgehead atoms. The number of guanidine groups is 1. The number of aliphatic imine (C=N–C) groups is 1. The number of hydrogen-bond acceptors (Lipinski definition) is 6. The van der Waals surface area contributed by atoms with Crippen molar-refractivity contribution in [3.8, 4) is 0 Å². The topological polar surface area (TPSA) is 68.7 Å². The average Bonchev–Trinajstić information content (AvgIpc) is 2.80. The molecule has 31 heavy (non-hydrogen) atoms. The van der Waals surface area contributed by atoms with E-state index in [2.05, 4.69) is 72.6 Å². The second-order valence-corrected chi connectivity index (χ2v) is 8.86. The maximum absolute atomic E-state index is 4.35. The van der Waals surface area contributed by atoms with Crippen LogP contribution in [0.15, 0.2) is 58.7 Å². The maximum atomic E-state index is 4.35. The van der Waals surface area contributed by atoms with Crippen molar-refractivity contribution in [2.24, 2.45) is 4.99 Å². The summed E-state index contributed by atoms with van der Waals surface area (Å²) in [7, 11) is 1.83. The molecule has 2 heterocycles. The lowest BCUT2D eigenvalue weighted by atomic mass is 10.3. The fourth-order valence-electron chi connectivity index (χ4n) is 3.37. The number of hydrogen-bond donors (Lipinski definition) is 2. The SMILES string of the molecule is CN=C(NCCCN1CCN(c2ncccn2)CC1)NCC(C)Sc1ccccc1.I. The third kappa shape index (κ3) is 9.20. The lowest BCUT2D eigenvalue weighted by Gasteiger charge is -2.34. The van der Waals surface area contributed by atoms with E-state index in [4.69, 9.17) is 0 Å². The number of aromatic nitrogens is 2. The van der Waals surface area contributed by atoms with Gasteiger partial charge in [-0.25, -0.2) is 9.97 Å². The summed E-state index contributed by atoms with van der Waals surface area (Å²) < 4.78 is 0. The van der Waals surface area contributed by atoms with Crippen molar-refractivity contribution in [2.75, 3.05) is 57.8 Å². The quantitative estimate of drug-likeness (QED) is 0.162. The van der Waals surface area contributed by atoms with Crippen LogP contribution in [0.5, 0.6) is 0 Å². The number of nitrogens with one attached hydrogen (secondary N) is 2. The minimum absolute atomic E-state index is 0. The maximum Gasteiger partial charge on any atom is 0.225 e. The monoisotopic (exact) mass is 555 g/mol. The molecule has 1 aliphatic heterocycles. The molecular weight excluding hydrogens is 521 g/mol. The summed E-state index contributed by atoms with van der Waals surface area (Å²) in [6.45, 7) is 9.20. The van der Waals surface area contributed by atoms with Crippen LogP contribution < -0.4 is 15.5 Å². The van der Waals surface area contributed by atoms with Gasteiger partial charge in [-0.3, -0.25) is 9.89 Å². The van der Waals surface area contributed by atoms with Crippen molar-refractivity contribution in [1.29, 1.82) is 0 Å². The lowest BCUT2D eigenvalue weighted by Crippen LogP contribution is -2.47. The summed E-state index contributed by atoms with van der Waals surface area (Å²) in [5, 5.41) is 7.34. The van der Waals surface area contributed by atoms with Crippen molar-refractivity contribution < 1.29 is 0 Å². The highest BCUT2D eigenvalue weighted by Gasteiger charge is 2.18. The van der Waals surface area contributed by atoms with Gasteiger partial charge in [0.2, 0.25) is 5.95 Å². The van der Waals surface area contributed by atoms with E-state index < -0.39 is 0 Å². The first-order valence-corrected chi connectivity index (χ1v) is 11.5. The number of rotatable bonds is 9. The molecule has 1 unspecified atom stereocenters. The zero-order valence-corrected chi connectivity index (χ0v) is 21.6. The molecule has 3 rings (SSSR count). The molecule has 2 N–H and O–H groups in total. The summed E-state index contributed by atoms with van der Waals surface area (Å²) >= 11 is 1.88. The van der Waals surface area contributed by atoms with Crippen molar-refractivity contribution in [3.63, 3.8) is 0 Å². The normalized spacial score (nSPS) is 15.8. The van der Waals surface area contributed by atoms with Crippen molar-refractivity contribution in [1.82, 2.24) is 25.5 Å². The van der Waals surface area contributed by atoms with Gasteiger partial charge in [-0.2, -0.15) is 0 Å². The first-order chi connectivity index (χ1) is 14.7. The van der Waals surface area contributed by atoms with Gasteiger partial charge in [-0.1, -0.05) is 25.1 Å². The first kappa shape index (κ1) is 25.7. The van der Waals surface area contributed by atoms with Gasteiger partial charge in [0.25, 0.3) is 0 Å². The molecule has 1 fully saturated rings. The van der Waals surface area contributed by atoms with Crippen LogP contribution in [0, 0.1) is 0 Å². The summed E-state index contributed by atoms with van der Waals surface area (Å²) in [5.41, 5.74) is 0. The van der Waals surface area contributed by atoms with E-state index in [1.807, 2.05) is 37.3 Å². The number of thioether (sulfide) groups is 1. The number of halogens is 1. The third-order valence-corrected chi connectivity index (χ3v) is 6.13. The van der Waals surface area contributed by atoms with Gasteiger partial charge < -0.3 is 15.5 Å². The average molecular weight is 556 g/mol. The van der Waals surface area contributed by atoms with Crippen LogP contribution in [0.1, 0.15) is 13.3 Å². The van der Waals surface area contributed by atoms with Crippen molar-refractivity contribution in [3.05, 3.63) is 48.8 Å². The van der Waals surface area contributed by atoms with Crippen LogP contribution >= 0.6 is 35.7 Å². The Hall–Kier alpha value is -1.59. The molecule has 7 nitrogen and oxygen atoms in total. The van der Waals surface area contributed by atoms with E-state index >= 15 is 0 Å². The molecule has 0 radical (unpaired) electrons. The first-order valence-electron chi connectivity index (χ1n) is 10.6. The Morgan fingerprint density at radius 3 is 2.45 bits per heavy atom. The molecule has 9 heteroatoms. The number of nitrogens with zero attached hydrogens (tertiary/aromatic N) is 5. The highest BCUT2D eigenvalue weighted by atomic mass is 127. The van der Waals surface area contributed by atoms with Gasteiger partial charge in [0.05, 0.1) is 0 Å². The van der Waals surface area contributed by atoms with Gasteiger partial charge in [-0.05, 0) is 31.2 Å². The Kier molecular flexibility index (Phi) is 12.0. The zero-order valence-electron chi connectivity index (χ0n) is 18.4. The number of anilines is 1. The van der Waals surface area contributed by atoms with Crippen LogP contribution in [-0.2, 0) is 0 Å². The molecule has 170 valence electrons. The Bertz CT molecular complexity index is 755. The highest BCUT2D eigenvalue weighted by molar-refractivity contribution is 14.0. The summed E-state index contributed by atoms with van der Waals surface area (Å²) in [4.78, 5) is 19.1. The number of piperazine rings is 1. The molecule has 1 atom stereocenters. The summed E-state index contributed by atoms with van der Waals surface area (Å²) in [6.07, 6.45) is 4.71. The van der Waals surface area contributed by atoms with Crippen molar-refractivity contribution >= 4 is 47.6 Å². The van der Waals surface area contributed by atoms with Gasteiger partial charge in [0.15, 0.2) is 5.96 Å². The zero-order chi connectivity index (χ0) is 21.0. The molecule has 0 aliphatic carbocycles. The molecule has 0 amide bonds. The van der Waals surface area contributed by atoms with E-state index in [9.17, 15) is 0 Å². The van der Waals surface area contributed by atoms with Gasteiger partial charge >= 0.3 is 0 Å². The van der Waals surface area contributed by atoms with E-state index in [0.717, 1.165) is 64.1 Å². The second kappa shape index (κ2) is 14.5. The van der Waals surface area contributed by atoms with E-state index in [1.54, 1.807) is 0 Å². The standard InChI is InChI=1S/C22H33N7S.HI/c1-19(30-20-8-4-3-5-9-20)18-27-21(23-2)24-12-7-13-28-14-16-29(17-15-28)22-25-10-6-11-26-22;/h3-6,8-11,19H,7,12-18H2,1-2H3,(H2,23,24,27);1H. The number of benzene rings is 1. The smallest absolute Gasteiger partial charge is 0.225 e. The van der Waals surface area contributed by atoms with Crippen LogP contribution in [0.25, 0.3) is 0 Å². The van der Waals surface area contributed by atoms with Crippen LogP contribution in [0.2, 0.25) is 0 Å². The Morgan fingerprint density at radius 2 is 1.77 bits per heavy atom. The minimum Gasteiger partial charge on any atom is -0.356 e. The highest BCUT2D eigenvalue weighted by Crippen LogP contribution is 2.21. The summed E-state index contributed by atoms with van der Waals surface area (Å²) in [5.74, 6) is 1.72. The fraction of sp³-hybridized carbons (Fsp3) is 0.500. The third-order valence-electron chi connectivity index (χ3n) is 5.01. The van der Waals surface area contributed by atoms with Crippen molar-refractivity contribution in [2.45, 2.75) is 23.5 Å². The molecule has 1 aromatic heterocycles. The Balaban J connectivity index is 0.00000341. The van der Waals surface area contributed by atoms with E-state index in [-0.39, 0.29) is 24.0 Å². The van der Waals surface area contributed by atoms with Gasteiger partial charge in [0.1, 0.15) is 0 Å². The van der Waals surface area contributed by atoms with Crippen LogP contribution in [-0.4, -0.2) is 78.9 Å². The summed E-state index contributed by atoms with van der Waals surface area (Å²) in [6, 6.07) is 12.4. The van der Waals surface area contributed by atoms with Crippen LogP contribution in [0.4, 0.5) is 5.95 Å². The molecule has 1 aromatic carbocycles. The van der Waals surface area contributed by atoms with Gasteiger partial charge in [0, 0.05) is 68.9 Å². The molecule has 0 saturated carbocycles. The minimum atomic E-state index is 0. The molecule has 1 aliphatic rings. The predicted octanol–water partition coefficient (Wildman–Crippen LogP) is 2.95.